The average Bonchev–Trinajstić information content (AvgIpc) is 2.98. The van der Waals surface area contributed by atoms with Crippen LogP contribution in [-0.4, -0.2) is 30.6 Å². The summed E-state index contributed by atoms with van der Waals surface area (Å²) in [6, 6.07) is 11.3. The van der Waals surface area contributed by atoms with Gasteiger partial charge in [-0.05, 0) is 50.6 Å². The summed E-state index contributed by atoms with van der Waals surface area (Å²) in [5, 5.41) is 12.3. The number of rotatable bonds is 5. The lowest BCUT2D eigenvalue weighted by Gasteiger charge is -2.34. The van der Waals surface area contributed by atoms with Crippen molar-refractivity contribution in [3.8, 4) is 6.07 Å². The van der Waals surface area contributed by atoms with Crippen molar-refractivity contribution in [2.45, 2.75) is 38.8 Å². The Morgan fingerprint density at radius 1 is 1.42 bits per heavy atom. The number of nitrogens with zero attached hydrogens (tertiary/aromatic N) is 2. The average molecular weight is 257 g/mol. The van der Waals surface area contributed by atoms with E-state index in [0.717, 1.165) is 25.2 Å². The molecule has 2 rings (SSSR count). The van der Waals surface area contributed by atoms with Gasteiger partial charge in [-0.3, -0.25) is 4.90 Å². The lowest BCUT2D eigenvalue weighted by molar-refractivity contribution is 0.153. The summed E-state index contributed by atoms with van der Waals surface area (Å²) in [5.74, 6) is 0. The van der Waals surface area contributed by atoms with E-state index in [1.54, 1.807) is 0 Å². The van der Waals surface area contributed by atoms with Gasteiger partial charge in [0.15, 0.2) is 0 Å². The molecule has 0 bridgehead atoms. The Labute approximate surface area is 116 Å². The molecule has 1 aliphatic heterocycles. The zero-order chi connectivity index (χ0) is 13.7. The second-order valence-electron chi connectivity index (χ2n) is 5.29. The molecule has 1 heterocycles. The minimum Gasteiger partial charge on any atom is -0.315 e. The van der Waals surface area contributed by atoms with E-state index in [1.807, 2.05) is 12.1 Å². The SMILES string of the molecule is CCCN(C1CCNC1)C(C)c1ccc(C#N)cc1. The smallest absolute Gasteiger partial charge is 0.0991 e. The molecule has 3 heteroatoms. The van der Waals surface area contributed by atoms with Gasteiger partial charge in [0.25, 0.3) is 0 Å². The fraction of sp³-hybridized carbons (Fsp3) is 0.562. The number of hydrogen-bond acceptors (Lipinski definition) is 3. The molecular weight excluding hydrogens is 234 g/mol. The second kappa shape index (κ2) is 6.70. The van der Waals surface area contributed by atoms with Crippen molar-refractivity contribution in [1.82, 2.24) is 10.2 Å². The van der Waals surface area contributed by atoms with E-state index in [2.05, 4.69) is 42.3 Å². The van der Waals surface area contributed by atoms with Crippen molar-refractivity contribution < 1.29 is 0 Å². The van der Waals surface area contributed by atoms with Gasteiger partial charge in [0, 0.05) is 18.6 Å². The van der Waals surface area contributed by atoms with Crippen LogP contribution in [0.4, 0.5) is 0 Å². The molecule has 19 heavy (non-hydrogen) atoms. The first kappa shape index (κ1) is 14.0. The van der Waals surface area contributed by atoms with Crippen LogP contribution in [0.25, 0.3) is 0 Å². The third-order valence-corrected chi connectivity index (χ3v) is 4.00. The first-order valence-corrected chi connectivity index (χ1v) is 7.22. The second-order valence-corrected chi connectivity index (χ2v) is 5.29. The molecule has 0 aromatic heterocycles. The number of nitrogens with one attached hydrogen (secondary N) is 1. The Morgan fingerprint density at radius 3 is 2.68 bits per heavy atom. The van der Waals surface area contributed by atoms with Crippen LogP contribution in [0.5, 0.6) is 0 Å². The van der Waals surface area contributed by atoms with Crippen LogP contribution in [0.3, 0.4) is 0 Å². The summed E-state index contributed by atoms with van der Waals surface area (Å²) in [5.41, 5.74) is 2.04. The lowest BCUT2D eigenvalue weighted by atomic mass is 10.0. The largest absolute Gasteiger partial charge is 0.315 e. The topological polar surface area (TPSA) is 39.1 Å². The molecule has 1 N–H and O–H groups in total. The van der Waals surface area contributed by atoms with Gasteiger partial charge in [-0.2, -0.15) is 5.26 Å². The maximum absolute atomic E-state index is 8.86. The summed E-state index contributed by atoms with van der Waals surface area (Å²) in [6.45, 7) is 7.87. The highest BCUT2D eigenvalue weighted by Crippen LogP contribution is 2.25. The van der Waals surface area contributed by atoms with E-state index < -0.39 is 0 Å². The molecule has 1 fully saturated rings. The van der Waals surface area contributed by atoms with E-state index in [9.17, 15) is 0 Å². The van der Waals surface area contributed by atoms with E-state index >= 15 is 0 Å². The molecule has 0 amide bonds. The predicted molar refractivity (Wildman–Crippen MR) is 77.8 cm³/mol. The van der Waals surface area contributed by atoms with Gasteiger partial charge in [-0.1, -0.05) is 19.1 Å². The summed E-state index contributed by atoms with van der Waals surface area (Å²) >= 11 is 0. The molecule has 1 saturated heterocycles. The number of hydrogen-bond donors (Lipinski definition) is 1. The van der Waals surface area contributed by atoms with E-state index in [-0.39, 0.29) is 0 Å². The van der Waals surface area contributed by atoms with Crippen LogP contribution >= 0.6 is 0 Å². The van der Waals surface area contributed by atoms with E-state index in [0.29, 0.717) is 12.1 Å². The minimum absolute atomic E-state index is 0.414. The standard InChI is InChI=1S/C16H23N3/c1-3-10-19(16-8-9-18-12-16)13(2)15-6-4-14(11-17)5-7-15/h4-7,13,16,18H,3,8-10,12H2,1-2H3. The van der Waals surface area contributed by atoms with Crippen LogP contribution in [0.15, 0.2) is 24.3 Å². The quantitative estimate of drug-likeness (QED) is 0.881. The predicted octanol–water partition coefficient (Wildman–Crippen LogP) is 2.69. The van der Waals surface area contributed by atoms with E-state index in [4.69, 9.17) is 5.26 Å². The molecule has 102 valence electrons. The van der Waals surface area contributed by atoms with Crippen LogP contribution in [0.1, 0.15) is 43.9 Å². The molecule has 1 aromatic rings. The van der Waals surface area contributed by atoms with Gasteiger partial charge in [0.05, 0.1) is 11.6 Å². The Kier molecular flexibility index (Phi) is 4.95. The Hall–Kier alpha value is -1.37. The van der Waals surface area contributed by atoms with Gasteiger partial charge in [0.2, 0.25) is 0 Å². The van der Waals surface area contributed by atoms with Gasteiger partial charge in [0.1, 0.15) is 0 Å². The van der Waals surface area contributed by atoms with Crippen LogP contribution in [0.2, 0.25) is 0 Å². The zero-order valence-electron chi connectivity index (χ0n) is 11.9. The van der Waals surface area contributed by atoms with Gasteiger partial charge < -0.3 is 5.32 Å². The first-order valence-electron chi connectivity index (χ1n) is 7.22. The lowest BCUT2D eigenvalue weighted by Crippen LogP contribution is -2.39. The van der Waals surface area contributed by atoms with Crippen molar-refractivity contribution in [2.24, 2.45) is 0 Å². The summed E-state index contributed by atoms with van der Waals surface area (Å²) in [6.07, 6.45) is 2.41. The summed E-state index contributed by atoms with van der Waals surface area (Å²) in [4.78, 5) is 2.60. The highest BCUT2D eigenvalue weighted by Gasteiger charge is 2.26. The van der Waals surface area contributed by atoms with Crippen LogP contribution in [-0.2, 0) is 0 Å². The maximum atomic E-state index is 8.86. The molecule has 2 unspecified atom stereocenters. The van der Waals surface area contributed by atoms with Gasteiger partial charge >= 0.3 is 0 Å². The van der Waals surface area contributed by atoms with Gasteiger partial charge in [-0.25, -0.2) is 0 Å². The minimum atomic E-state index is 0.414. The molecular formula is C16H23N3. The monoisotopic (exact) mass is 257 g/mol. The molecule has 0 radical (unpaired) electrons. The first-order chi connectivity index (χ1) is 9.26. The Morgan fingerprint density at radius 2 is 2.16 bits per heavy atom. The highest BCUT2D eigenvalue weighted by atomic mass is 15.2. The fourth-order valence-corrected chi connectivity index (χ4v) is 2.90. The summed E-state index contributed by atoms with van der Waals surface area (Å²) < 4.78 is 0. The molecule has 0 saturated carbocycles. The van der Waals surface area contributed by atoms with Crippen LogP contribution < -0.4 is 5.32 Å². The summed E-state index contributed by atoms with van der Waals surface area (Å²) in [7, 11) is 0. The third kappa shape index (κ3) is 3.34. The number of nitriles is 1. The van der Waals surface area contributed by atoms with Crippen molar-refractivity contribution >= 4 is 0 Å². The normalized spacial score (nSPS) is 20.4. The van der Waals surface area contributed by atoms with Gasteiger partial charge in [-0.15, -0.1) is 0 Å². The molecule has 3 nitrogen and oxygen atoms in total. The Balaban J connectivity index is 2.13. The molecule has 0 aliphatic carbocycles. The molecule has 1 aliphatic rings. The van der Waals surface area contributed by atoms with Crippen molar-refractivity contribution in [3.63, 3.8) is 0 Å². The van der Waals surface area contributed by atoms with E-state index in [1.165, 1.54) is 18.4 Å². The highest BCUT2D eigenvalue weighted by molar-refractivity contribution is 5.32. The zero-order valence-corrected chi connectivity index (χ0v) is 11.9. The number of benzene rings is 1. The van der Waals surface area contributed by atoms with Crippen LogP contribution in [0, 0.1) is 11.3 Å². The molecule has 0 spiro atoms. The third-order valence-electron chi connectivity index (χ3n) is 4.00. The Bertz CT molecular complexity index is 426. The fourth-order valence-electron chi connectivity index (χ4n) is 2.90. The molecule has 1 aromatic carbocycles. The van der Waals surface area contributed by atoms with Crippen molar-refractivity contribution in [1.29, 1.82) is 5.26 Å². The van der Waals surface area contributed by atoms with Crippen molar-refractivity contribution in [2.75, 3.05) is 19.6 Å². The maximum Gasteiger partial charge on any atom is 0.0991 e. The molecule has 2 atom stereocenters. The van der Waals surface area contributed by atoms with Crippen molar-refractivity contribution in [3.05, 3.63) is 35.4 Å².